The van der Waals surface area contributed by atoms with Gasteiger partial charge in [0.2, 0.25) is 0 Å². The first kappa shape index (κ1) is 16.5. The molecule has 0 spiro atoms. The van der Waals surface area contributed by atoms with Crippen LogP contribution in [0.5, 0.6) is 0 Å². The number of hydrogen-bond acceptors (Lipinski definition) is 3. The molecule has 0 aliphatic carbocycles. The topological polar surface area (TPSA) is 59.8 Å². The summed E-state index contributed by atoms with van der Waals surface area (Å²) in [5, 5.41) is 2.97. The van der Waals surface area contributed by atoms with Crippen LogP contribution in [0.1, 0.15) is 25.3 Å². The second-order valence-corrected chi connectivity index (χ2v) is 6.04. The van der Waals surface area contributed by atoms with Crippen LogP contribution >= 0.6 is 0 Å². The lowest BCUT2D eigenvalue weighted by molar-refractivity contribution is -0.919. The molecule has 0 radical (unpaired) electrons. The zero-order chi connectivity index (χ0) is 16.1. The fourth-order valence-corrected chi connectivity index (χ4v) is 2.98. The number of quaternary nitrogens is 1. The predicted molar refractivity (Wildman–Crippen MR) is 84.7 cm³/mol. The van der Waals surface area contributed by atoms with E-state index < -0.39 is 0 Å². The molecule has 1 heterocycles. The van der Waals surface area contributed by atoms with Crippen molar-refractivity contribution in [3.05, 3.63) is 29.8 Å². The largest absolute Gasteiger partial charge is 0.469 e. The van der Waals surface area contributed by atoms with Crippen LogP contribution < -0.4 is 10.2 Å². The van der Waals surface area contributed by atoms with Gasteiger partial charge in [0.15, 0.2) is 6.04 Å². The van der Waals surface area contributed by atoms with Gasteiger partial charge in [-0.1, -0.05) is 12.1 Å². The van der Waals surface area contributed by atoms with Crippen LogP contribution in [0.3, 0.4) is 0 Å². The number of hydrogen-bond donors (Lipinski definition) is 2. The average molecular weight is 305 g/mol. The number of methoxy groups -OCH3 is 1. The van der Waals surface area contributed by atoms with Crippen molar-refractivity contribution in [3.63, 3.8) is 0 Å². The van der Waals surface area contributed by atoms with Crippen molar-refractivity contribution >= 4 is 17.6 Å². The van der Waals surface area contributed by atoms with Crippen molar-refractivity contribution in [1.29, 1.82) is 0 Å². The molecular weight excluding hydrogens is 280 g/mol. The van der Waals surface area contributed by atoms with E-state index in [4.69, 9.17) is 4.74 Å². The highest BCUT2D eigenvalue weighted by Gasteiger charge is 2.33. The molecule has 1 aromatic rings. The van der Waals surface area contributed by atoms with Crippen LogP contribution in [0.4, 0.5) is 5.69 Å². The number of piperidine rings is 1. The molecule has 2 N–H and O–H groups in total. The Kier molecular flexibility index (Phi) is 5.55. The number of carbonyl (C=O) groups excluding carboxylic acids is 2. The Morgan fingerprint density at radius 3 is 2.59 bits per heavy atom. The molecule has 1 atom stereocenters. The molecule has 1 amide bonds. The Labute approximate surface area is 131 Å². The number of esters is 1. The number of aryl methyl sites for hydroxylation is 1. The second kappa shape index (κ2) is 7.40. The molecule has 0 bridgehead atoms. The summed E-state index contributed by atoms with van der Waals surface area (Å²) in [6.45, 7) is 5.59. The maximum atomic E-state index is 12.4. The van der Waals surface area contributed by atoms with Crippen LogP contribution in [-0.2, 0) is 14.3 Å². The van der Waals surface area contributed by atoms with E-state index in [1.54, 1.807) is 0 Å². The number of ether oxygens (including phenoxy) is 1. The number of likely N-dealkylation sites (tertiary alicyclic amines) is 1. The van der Waals surface area contributed by atoms with E-state index in [-0.39, 0.29) is 23.8 Å². The van der Waals surface area contributed by atoms with Crippen molar-refractivity contribution in [2.24, 2.45) is 5.92 Å². The number of nitrogens with one attached hydrogen (secondary N) is 2. The van der Waals surface area contributed by atoms with Crippen molar-refractivity contribution in [2.75, 3.05) is 25.5 Å². The summed E-state index contributed by atoms with van der Waals surface area (Å²) < 4.78 is 4.80. The molecule has 1 fully saturated rings. The highest BCUT2D eigenvalue weighted by Crippen LogP contribution is 2.12. The van der Waals surface area contributed by atoms with Crippen molar-refractivity contribution < 1.29 is 19.2 Å². The number of benzene rings is 1. The van der Waals surface area contributed by atoms with E-state index in [9.17, 15) is 9.59 Å². The van der Waals surface area contributed by atoms with Gasteiger partial charge >= 0.3 is 5.97 Å². The molecule has 120 valence electrons. The number of amides is 1. The summed E-state index contributed by atoms with van der Waals surface area (Å²) in [5.41, 5.74) is 1.96. The first-order valence-electron chi connectivity index (χ1n) is 7.81. The van der Waals surface area contributed by atoms with Gasteiger partial charge in [-0.3, -0.25) is 9.59 Å². The van der Waals surface area contributed by atoms with E-state index in [0.717, 1.165) is 37.2 Å². The summed E-state index contributed by atoms with van der Waals surface area (Å²) in [6, 6.07) is 7.67. The van der Waals surface area contributed by atoms with Gasteiger partial charge in [0.1, 0.15) is 0 Å². The third kappa shape index (κ3) is 4.07. The molecule has 22 heavy (non-hydrogen) atoms. The second-order valence-electron chi connectivity index (χ2n) is 6.04. The maximum Gasteiger partial charge on any atom is 0.309 e. The van der Waals surface area contributed by atoms with Crippen LogP contribution in [0.2, 0.25) is 0 Å². The molecule has 2 rings (SSSR count). The minimum atomic E-state index is -0.129. The Hall–Kier alpha value is -1.88. The van der Waals surface area contributed by atoms with Gasteiger partial charge in [0.25, 0.3) is 5.91 Å². The molecule has 1 aromatic carbocycles. The maximum absolute atomic E-state index is 12.4. The predicted octanol–water partition coefficient (Wildman–Crippen LogP) is 0.790. The van der Waals surface area contributed by atoms with Crippen molar-refractivity contribution in [2.45, 2.75) is 32.7 Å². The third-order valence-electron chi connectivity index (χ3n) is 4.45. The molecule has 5 nitrogen and oxygen atoms in total. The highest BCUT2D eigenvalue weighted by atomic mass is 16.5. The fourth-order valence-electron chi connectivity index (χ4n) is 2.98. The number of rotatable bonds is 4. The first-order chi connectivity index (χ1) is 10.5. The van der Waals surface area contributed by atoms with Gasteiger partial charge in [0.05, 0.1) is 26.1 Å². The highest BCUT2D eigenvalue weighted by molar-refractivity contribution is 5.93. The minimum absolute atomic E-state index is 0.0132. The summed E-state index contributed by atoms with van der Waals surface area (Å²) in [4.78, 5) is 25.1. The number of anilines is 1. The van der Waals surface area contributed by atoms with Crippen molar-refractivity contribution in [1.82, 2.24) is 0 Å². The summed E-state index contributed by atoms with van der Waals surface area (Å²) in [6.07, 6.45) is 1.56. The summed E-state index contributed by atoms with van der Waals surface area (Å²) in [7, 11) is 1.43. The Morgan fingerprint density at radius 2 is 2.00 bits per heavy atom. The quantitative estimate of drug-likeness (QED) is 0.809. The van der Waals surface area contributed by atoms with Gasteiger partial charge in [0, 0.05) is 18.5 Å². The zero-order valence-corrected chi connectivity index (χ0v) is 13.5. The zero-order valence-electron chi connectivity index (χ0n) is 13.5. The fraction of sp³-hybridized carbons (Fsp3) is 0.529. The lowest BCUT2D eigenvalue weighted by Gasteiger charge is -2.31. The molecule has 1 saturated heterocycles. The molecule has 1 aliphatic heterocycles. The lowest BCUT2D eigenvalue weighted by Crippen LogP contribution is -3.17. The van der Waals surface area contributed by atoms with Gasteiger partial charge in [-0.25, -0.2) is 0 Å². The Bertz CT molecular complexity index is 536. The normalized spacial score (nSPS) is 22.7. The van der Waals surface area contributed by atoms with Crippen LogP contribution in [-0.4, -0.2) is 38.1 Å². The van der Waals surface area contributed by atoms with E-state index in [1.165, 1.54) is 12.0 Å². The van der Waals surface area contributed by atoms with Gasteiger partial charge in [-0.15, -0.1) is 0 Å². The van der Waals surface area contributed by atoms with Crippen molar-refractivity contribution in [3.8, 4) is 0 Å². The van der Waals surface area contributed by atoms with E-state index in [2.05, 4.69) is 5.32 Å². The van der Waals surface area contributed by atoms with Crippen LogP contribution in [0, 0.1) is 12.8 Å². The SMILES string of the molecule is COC(=O)C1CC[NH+]([C@@H](C)C(=O)Nc2cccc(C)c2)CC1. The van der Waals surface area contributed by atoms with E-state index in [1.807, 2.05) is 38.1 Å². The van der Waals surface area contributed by atoms with Crippen LogP contribution in [0.15, 0.2) is 24.3 Å². The molecule has 0 saturated carbocycles. The van der Waals surface area contributed by atoms with Crippen LogP contribution in [0.25, 0.3) is 0 Å². The number of carbonyl (C=O) groups is 2. The smallest absolute Gasteiger partial charge is 0.309 e. The lowest BCUT2D eigenvalue weighted by atomic mass is 9.96. The molecule has 5 heteroatoms. The van der Waals surface area contributed by atoms with Gasteiger partial charge < -0.3 is 15.0 Å². The monoisotopic (exact) mass is 305 g/mol. The molecule has 0 unspecified atom stereocenters. The summed E-state index contributed by atoms with van der Waals surface area (Å²) >= 11 is 0. The molecule has 0 aromatic heterocycles. The minimum Gasteiger partial charge on any atom is -0.469 e. The summed E-state index contributed by atoms with van der Waals surface area (Å²) in [5.74, 6) is -0.117. The van der Waals surface area contributed by atoms with Gasteiger partial charge in [-0.2, -0.15) is 0 Å². The van der Waals surface area contributed by atoms with E-state index >= 15 is 0 Å². The molecular formula is C17H25N2O3+. The third-order valence-corrected chi connectivity index (χ3v) is 4.45. The van der Waals surface area contributed by atoms with Gasteiger partial charge in [-0.05, 0) is 31.5 Å². The first-order valence-corrected chi connectivity index (χ1v) is 7.81. The van der Waals surface area contributed by atoms with E-state index in [0.29, 0.717) is 0 Å². The standard InChI is InChI=1S/C17H24N2O3/c1-12-5-4-6-15(11-12)18-16(20)13(2)19-9-7-14(8-10-19)17(21)22-3/h4-6,11,13-14H,7-10H2,1-3H3,(H,18,20)/p+1/t13-/m0/s1. The Morgan fingerprint density at radius 1 is 1.32 bits per heavy atom. The molecule has 1 aliphatic rings. The Balaban J connectivity index is 1.88. The average Bonchev–Trinajstić information content (AvgIpc) is 2.53.